The second-order valence-corrected chi connectivity index (χ2v) is 8.49. The Balaban J connectivity index is 1.77. The summed E-state index contributed by atoms with van der Waals surface area (Å²) in [5, 5.41) is 4.76. The second-order valence-electron chi connectivity index (χ2n) is 6.48. The monoisotopic (exact) mass is 443 g/mol. The summed E-state index contributed by atoms with van der Waals surface area (Å²) in [6.45, 7) is 5.47. The molecule has 3 N–H and O–H groups in total. The summed E-state index contributed by atoms with van der Waals surface area (Å²) in [4.78, 5) is 41.3. The van der Waals surface area contributed by atoms with Gasteiger partial charge in [0, 0.05) is 5.39 Å². The van der Waals surface area contributed by atoms with Crippen molar-refractivity contribution in [3.8, 4) is 0 Å². The fourth-order valence-electron chi connectivity index (χ4n) is 2.98. The molecule has 0 saturated carbocycles. The lowest BCUT2D eigenvalue weighted by Gasteiger charge is -2.08. The smallest absolute Gasteiger partial charge is 0.341 e. The number of anilines is 1. The van der Waals surface area contributed by atoms with Crippen LogP contribution in [0, 0.1) is 13.8 Å². The Hall–Kier alpha value is -2.91. The molecular formula is C21H21N3O4S2. The lowest BCUT2D eigenvalue weighted by atomic mass is 10.1. The van der Waals surface area contributed by atoms with Crippen LogP contribution >= 0.6 is 23.1 Å². The van der Waals surface area contributed by atoms with E-state index in [-0.39, 0.29) is 33.7 Å². The van der Waals surface area contributed by atoms with E-state index in [9.17, 15) is 14.4 Å². The van der Waals surface area contributed by atoms with Gasteiger partial charge < -0.3 is 15.8 Å². The number of primary amides is 1. The number of thioether (sulfide) groups is 1. The number of aromatic nitrogens is 1. The summed E-state index contributed by atoms with van der Waals surface area (Å²) in [6.07, 6.45) is 0. The highest BCUT2D eigenvalue weighted by Gasteiger charge is 2.25. The number of fused-ring (bicyclic) bond motifs is 1. The van der Waals surface area contributed by atoms with Crippen LogP contribution in [0.2, 0.25) is 0 Å². The summed E-state index contributed by atoms with van der Waals surface area (Å²) in [5.41, 5.74) is 7.90. The van der Waals surface area contributed by atoms with E-state index in [1.54, 1.807) is 13.8 Å². The first-order valence-electron chi connectivity index (χ1n) is 9.21. The van der Waals surface area contributed by atoms with Crippen LogP contribution in [0.25, 0.3) is 10.9 Å². The van der Waals surface area contributed by atoms with Gasteiger partial charge in [-0.15, -0.1) is 11.3 Å². The lowest BCUT2D eigenvalue weighted by molar-refractivity contribution is -0.113. The molecule has 1 aromatic carbocycles. The van der Waals surface area contributed by atoms with Crippen LogP contribution < -0.4 is 11.1 Å². The summed E-state index contributed by atoms with van der Waals surface area (Å²) in [6, 6.07) is 9.75. The maximum absolute atomic E-state index is 12.5. The van der Waals surface area contributed by atoms with E-state index in [1.165, 1.54) is 11.8 Å². The van der Waals surface area contributed by atoms with Crippen LogP contribution in [-0.2, 0) is 9.53 Å². The molecule has 0 unspecified atom stereocenters. The average Bonchev–Trinajstić information content (AvgIpc) is 3.03. The topological polar surface area (TPSA) is 111 Å². The molecule has 0 aliphatic carbocycles. The molecule has 9 heteroatoms. The molecule has 3 aromatic rings. The molecule has 0 saturated heterocycles. The van der Waals surface area contributed by atoms with Crippen molar-refractivity contribution >= 4 is 56.8 Å². The number of hydrogen-bond donors (Lipinski definition) is 2. The van der Waals surface area contributed by atoms with Crippen molar-refractivity contribution in [2.75, 3.05) is 17.7 Å². The SMILES string of the molecule is CCOC(=O)c1c(NC(=O)CSc2cc(C)c3ccccc3n2)sc(C(N)=O)c1C. The van der Waals surface area contributed by atoms with Gasteiger partial charge in [0.15, 0.2) is 0 Å². The first-order valence-corrected chi connectivity index (χ1v) is 11.0. The zero-order valence-corrected chi connectivity index (χ0v) is 18.4. The van der Waals surface area contributed by atoms with Crippen molar-refractivity contribution in [1.82, 2.24) is 4.98 Å². The van der Waals surface area contributed by atoms with Gasteiger partial charge in [-0.2, -0.15) is 0 Å². The number of nitrogens with one attached hydrogen (secondary N) is 1. The van der Waals surface area contributed by atoms with Crippen molar-refractivity contribution in [3.05, 3.63) is 51.9 Å². The number of pyridine rings is 1. The van der Waals surface area contributed by atoms with Crippen molar-refractivity contribution in [1.29, 1.82) is 0 Å². The molecule has 2 amide bonds. The van der Waals surface area contributed by atoms with Crippen molar-refractivity contribution in [2.45, 2.75) is 25.8 Å². The third kappa shape index (κ3) is 4.63. The van der Waals surface area contributed by atoms with Crippen LogP contribution in [0.4, 0.5) is 5.00 Å². The van der Waals surface area contributed by atoms with Gasteiger partial charge in [0.1, 0.15) is 5.00 Å². The Bertz CT molecular complexity index is 1140. The van der Waals surface area contributed by atoms with Gasteiger partial charge in [-0.3, -0.25) is 9.59 Å². The largest absolute Gasteiger partial charge is 0.462 e. The number of aryl methyl sites for hydroxylation is 1. The number of amides is 2. The number of ether oxygens (including phenoxy) is 1. The van der Waals surface area contributed by atoms with Crippen LogP contribution in [0.15, 0.2) is 35.4 Å². The molecule has 0 fully saturated rings. The van der Waals surface area contributed by atoms with Crippen LogP contribution in [0.5, 0.6) is 0 Å². The highest BCUT2D eigenvalue weighted by atomic mass is 32.2. The van der Waals surface area contributed by atoms with Crippen LogP contribution in [0.3, 0.4) is 0 Å². The predicted molar refractivity (Wildman–Crippen MR) is 119 cm³/mol. The Morgan fingerprint density at radius 1 is 1.23 bits per heavy atom. The lowest BCUT2D eigenvalue weighted by Crippen LogP contribution is -2.16. The number of thiophene rings is 1. The number of carbonyl (C=O) groups excluding carboxylic acids is 3. The third-order valence-electron chi connectivity index (χ3n) is 4.35. The molecule has 0 aliphatic heterocycles. The average molecular weight is 444 g/mol. The normalized spacial score (nSPS) is 10.8. The van der Waals surface area contributed by atoms with E-state index in [2.05, 4.69) is 10.3 Å². The van der Waals surface area contributed by atoms with Gasteiger partial charge in [0.2, 0.25) is 5.91 Å². The number of hydrogen-bond acceptors (Lipinski definition) is 7. The van der Waals surface area contributed by atoms with Crippen molar-refractivity contribution in [3.63, 3.8) is 0 Å². The van der Waals surface area contributed by atoms with E-state index < -0.39 is 11.9 Å². The number of nitrogens with two attached hydrogens (primary N) is 1. The molecule has 3 rings (SSSR count). The van der Waals surface area contributed by atoms with E-state index in [4.69, 9.17) is 10.5 Å². The molecule has 2 aromatic heterocycles. The Morgan fingerprint density at radius 2 is 1.97 bits per heavy atom. The number of esters is 1. The molecule has 0 spiro atoms. The van der Waals surface area contributed by atoms with Gasteiger partial charge in [-0.1, -0.05) is 30.0 Å². The fraction of sp³-hybridized carbons (Fsp3) is 0.238. The van der Waals surface area contributed by atoms with Crippen molar-refractivity contribution in [2.24, 2.45) is 5.73 Å². The maximum atomic E-state index is 12.5. The number of benzene rings is 1. The zero-order chi connectivity index (χ0) is 21.8. The first kappa shape index (κ1) is 21.8. The molecule has 0 aliphatic rings. The highest BCUT2D eigenvalue weighted by molar-refractivity contribution is 7.99. The van der Waals surface area contributed by atoms with E-state index in [0.717, 1.165) is 32.8 Å². The number of nitrogens with zero attached hydrogens (tertiary/aromatic N) is 1. The molecule has 30 heavy (non-hydrogen) atoms. The third-order valence-corrected chi connectivity index (χ3v) is 6.49. The minimum absolute atomic E-state index is 0.0932. The van der Waals surface area contributed by atoms with E-state index in [0.29, 0.717) is 5.56 Å². The van der Waals surface area contributed by atoms with E-state index >= 15 is 0 Å². The Kier molecular flexibility index (Phi) is 6.73. The van der Waals surface area contributed by atoms with Gasteiger partial charge in [-0.05, 0) is 44.0 Å². The molecule has 0 atom stereocenters. The van der Waals surface area contributed by atoms with Gasteiger partial charge in [0.25, 0.3) is 5.91 Å². The molecule has 2 heterocycles. The van der Waals surface area contributed by atoms with Crippen LogP contribution in [-0.4, -0.2) is 35.1 Å². The van der Waals surface area contributed by atoms with Crippen LogP contribution in [0.1, 0.15) is 38.1 Å². The minimum Gasteiger partial charge on any atom is -0.462 e. The van der Waals surface area contributed by atoms with Crippen molar-refractivity contribution < 1.29 is 19.1 Å². The number of rotatable bonds is 7. The van der Waals surface area contributed by atoms with Gasteiger partial charge in [-0.25, -0.2) is 9.78 Å². The summed E-state index contributed by atoms with van der Waals surface area (Å²) in [7, 11) is 0. The molecule has 0 bridgehead atoms. The molecular weight excluding hydrogens is 422 g/mol. The van der Waals surface area contributed by atoms with Gasteiger partial charge in [0.05, 0.1) is 33.3 Å². The Labute approximate surface area is 182 Å². The minimum atomic E-state index is -0.659. The maximum Gasteiger partial charge on any atom is 0.341 e. The zero-order valence-electron chi connectivity index (χ0n) is 16.8. The summed E-state index contributed by atoms with van der Waals surface area (Å²) >= 11 is 2.26. The standard InChI is InChI=1S/C21H21N3O4S2/c1-4-28-21(27)17-12(3)18(19(22)26)30-20(17)24-15(25)10-29-16-9-11(2)13-7-5-6-8-14(13)23-16/h5-9H,4,10H2,1-3H3,(H2,22,26)(H,24,25). The quantitative estimate of drug-likeness (QED) is 0.423. The fourth-order valence-corrected chi connectivity index (χ4v) is 4.82. The first-order chi connectivity index (χ1) is 14.3. The van der Waals surface area contributed by atoms with E-state index in [1.807, 2.05) is 37.3 Å². The Morgan fingerprint density at radius 3 is 2.67 bits per heavy atom. The summed E-state index contributed by atoms with van der Waals surface area (Å²) in [5.74, 6) is -1.49. The predicted octanol–water partition coefficient (Wildman–Crippen LogP) is 3.92. The van der Waals surface area contributed by atoms with Gasteiger partial charge >= 0.3 is 5.97 Å². The second kappa shape index (κ2) is 9.27. The summed E-state index contributed by atoms with van der Waals surface area (Å²) < 4.78 is 5.06. The molecule has 7 nitrogen and oxygen atoms in total. The molecule has 156 valence electrons. The highest BCUT2D eigenvalue weighted by Crippen LogP contribution is 2.34. The number of para-hydroxylation sites is 1. The number of carbonyl (C=O) groups is 3. The molecule has 0 radical (unpaired) electrons.